The molecule has 1 atom stereocenters. The number of nitro benzene ring substituents is 1. The molecule has 0 aliphatic carbocycles. The Hall–Kier alpha value is -4.32. The van der Waals surface area contributed by atoms with Crippen molar-refractivity contribution in [3.05, 3.63) is 69.4 Å². The number of carbonyl (C=O) groups excluding carboxylic acids is 2. The van der Waals surface area contributed by atoms with Gasteiger partial charge in [-0.15, -0.1) is 0 Å². The summed E-state index contributed by atoms with van der Waals surface area (Å²) in [5.74, 6) is 0.361. The van der Waals surface area contributed by atoms with Gasteiger partial charge in [0.15, 0.2) is 11.5 Å². The minimum absolute atomic E-state index is 0.0506. The van der Waals surface area contributed by atoms with E-state index < -0.39 is 23.0 Å². The highest BCUT2D eigenvalue weighted by atomic mass is 16.6. The van der Waals surface area contributed by atoms with E-state index in [1.54, 1.807) is 37.3 Å². The molecule has 2 aliphatic heterocycles. The average molecular weight is 526 g/mol. The second-order valence-electron chi connectivity index (χ2n) is 8.76. The van der Waals surface area contributed by atoms with E-state index in [4.69, 9.17) is 14.2 Å². The predicted octanol–water partition coefficient (Wildman–Crippen LogP) is 2.61. The summed E-state index contributed by atoms with van der Waals surface area (Å²) in [6.45, 7) is 4.92. The maximum absolute atomic E-state index is 13.2. The van der Waals surface area contributed by atoms with Gasteiger partial charge in [-0.2, -0.15) is 0 Å². The molecule has 2 aromatic rings. The summed E-state index contributed by atoms with van der Waals surface area (Å²) < 4.78 is 16.4. The highest BCUT2D eigenvalue weighted by Gasteiger charge is 2.36. The number of non-ortho nitro benzene ring substituents is 1. The van der Waals surface area contributed by atoms with Crippen molar-refractivity contribution in [1.82, 2.24) is 15.5 Å². The third-order valence-electron chi connectivity index (χ3n) is 6.57. The van der Waals surface area contributed by atoms with Gasteiger partial charge in [-0.05, 0) is 25.1 Å². The summed E-state index contributed by atoms with van der Waals surface area (Å²) in [6, 6.07) is 10.5. The molecule has 202 valence electrons. The first-order valence-corrected chi connectivity index (χ1v) is 12.3. The standard InChI is InChI=1S/C26H31N5O7/c1-4-38-25(32)22-20(27-26(33)28-23(22)19-6-5-7-21(36-2)24(19)37-3)16-29-12-14-30(15-13-29)17-8-10-18(11-9-17)31(34)35/h5-11,23H,4,12-16H2,1-3H3,(H2,27,28,33)/t23-/m0/s1. The van der Waals surface area contributed by atoms with Crippen LogP contribution in [0, 0.1) is 10.1 Å². The van der Waals surface area contributed by atoms with Gasteiger partial charge in [0.25, 0.3) is 5.69 Å². The number of hydrogen-bond donors (Lipinski definition) is 2. The number of rotatable bonds is 9. The van der Waals surface area contributed by atoms with Crippen LogP contribution in [-0.2, 0) is 9.53 Å². The molecule has 0 spiro atoms. The molecule has 0 bridgehead atoms. The number of nitro groups is 1. The zero-order chi connectivity index (χ0) is 27.2. The minimum atomic E-state index is -0.802. The molecular weight excluding hydrogens is 494 g/mol. The molecule has 12 nitrogen and oxygen atoms in total. The molecule has 2 aliphatic rings. The maximum atomic E-state index is 13.2. The molecule has 2 heterocycles. The van der Waals surface area contributed by atoms with Crippen molar-refractivity contribution in [1.29, 1.82) is 0 Å². The number of esters is 1. The van der Waals surface area contributed by atoms with Crippen LogP contribution in [0.5, 0.6) is 11.5 Å². The van der Waals surface area contributed by atoms with Gasteiger partial charge in [0, 0.05) is 61.8 Å². The molecule has 0 aromatic heterocycles. The Bertz CT molecular complexity index is 1220. The molecule has 2 N–H and O–H groups in total. The lowest BCUT2D eigenvalue weighted by Gasteiger charge is -2.38. The van der Waals surface area contributed by atoms with Crippen LogP contribution in [0.4, 0.5) is 16.2 Å². The van der Waals surface area contributed by atoms with Gasteiger partial charge in [0.05, 0.1) is 37.4 Å². The summed E-state index contributed by atoms with van der Waals surface area (Å²) in [6.07, 6.45) is 0. The van der Waals surface area contributed by atoms with E-state index in [9.17, 15) is 19.7 Å². The third kappa shape index (κ3) is 5.65. The number of para-hydroxylation sites is 1. The molecule has 0 radical (unpaired) electrons. The normalized spacial score (nSPS) is 17.9. The van der Waals surface area contributed by atoms with E-state index >= 15 is 0 Å². The average Bonchev–Trinajstić information content (AvgIpc) is 2.92. The SMILES string of the molecule is CCOC(=O)C1=C(CN2CCN(c3ccc([N+](=O)[O-])cc3)CC2)NC(=O)N[C@H]1c1cccc(OC)c1OC. The first kappa shape index (κ1) is 26.7. The minimum Gasteiger partial charge on any atom is -0.493 e. The first-order chi connectivity index (χ1) is 18.4. The summed E-state index contributed by atoms with van der Waals surface area (Å²) in [5, 5.41) is 16.6. The lowest BCUT2D eigenvalue weighted by molar-refractivity contribution is -0.384. The van der Waals surface area contributed by atoms with E-state index in [1.165, 1.54) is 26.4 Å². The van der Waals surface area contributed by atoms with Gasteiger partial charge in [0.2, 0.25) is 0 Å². The lowest BCUT2D eigenvalue weighted by Crippen LogP contribution is -2.51. The van der Waals surface area contributed by atoms with Crippen LogP contribution in [0.15, 0.2) is 53.7 Å². The number of hydrogen-bond acceptors (Lipinski definition) is 9. The molecule has 0 unspecified atom stereocenters. The van der Waals surface area contributed by atoms with E-state index in [0.717, 1.165) is 5.69 Å². The number of ether oxygens (including phenoxy) is 3. The quantitative estimate of drug-likeness (QED) is 0.288. The summed E-state index contributed by atoms with van der Waals surface area (Å²) >= 11 is 0. The predicted molar refractivity (Wildman–Crippen MR) is 139 cm³/mol. The zero-order valence-electron chi connectivity index (χ0n) is 21.6. The smallest absolute Gasteiger partial charge is 0.338 e. The summed E-state index contributed by atoms with van der Waals surface area (Å²) in [5.41, 5.74) is 2.30. The van der Waals surface area contributed by atoms with Crippen LogP contribution in [0.2, 0.25) is 0 Å². The van der Waals surface area contributed by atoms with Crippen molar-refractivity contribution in [3.8, 4) is 11.5 Å². The Balaban J connectivity index is 1.58. The second-order valence-corrected chi connectivity index (χ2v) is 8.76. The Kier molecular flexibility index (Phi) is 8.31. The number of benzene rings is 2. The highest BCUT2D eigenvalue weighted by molar-refractivity contribution is 5.95. The molecule has 2 amide bonds. The van der Waals surface area contributed by atoms with Crippen LogP contribution >= 0.6 is 0 Å². The van der Waals surface area contributed by atoms with E-state index in [0.29, 0.717) is 61.1 Å². The van der Waals surface area contributed by atoms with Crippen LogP contribution in [-0.4, -0.2) is 75.4 Å². The maximum Gasteiger partial charge on any atom is 0.338 e. The number of amides is 2. The van der Waals surface area contributed by atoms with Crippen molar-refractivity contribution >= 4 is 23.4 Å². The second kappa shape index (κ2) is 11.8. The molecule has 12 heteroatoms. The van der Waals surface area contributed by atoms with Gasteiger partial charge in [-0.3, -0.25) is 15.0 Å². The summed E-state index contributed by atoms with van der Waals surface area (Å²) in [4.78, 5) is 40.7. The Morgan fingerprint density at radius 3 is 2.39 bits per heavy atom. The number of piperazine rings is 1. The van der Waals surface area contributed by atoms with Crippen LogP contribution in [0.25, 0.3) is 0 Å². The fraction of sp³-hybridized carbons (Fsp3) is 0.385. The number of anilines is 1. The number of carbonyl (C=O) groups is 2. The summed E-state index contributed by atoms with van der Waals surface area (Å²) in [7, 11) is 3.02. The van der Waals surface area contributed by atoms with Crippen molar-refractivity contribution < 1.29 is 28.7 Å². The molecule has 1 saturated heterocycles. The first-order valence-electron chi connectivity index (χ1n) is 12.3. The van der Waals surface area contributed by atoms with Gasteiger partial charge < -0.3 is 29.7 Å². The largest absolute Gasteiger partial charge is 0.493 e. The molecule has 2 aromatic carbocycles. The van der Waals surface area contributed by atoms with E-state index in [2.05, 4.69) is 20.4 Å². The van der Waals surface area contributed by atoms with Crippen LogP contribution in [0.1, 0.15) is 18.5 Å². The van der Waals surface area contributed by atoms with Gasteiger partial charge in [-0.1, -0.05) is 12.1 Å². The number of nitrogens with zero attached hydrogens (tertiary/aromatic N) is 3. The highest BCUT2D eigenvalue weighted by Crippen LogP contribution is 2.39. The van der Waals surface area contributed by atoms with Gasteiger partial charge >= 0.3 is 12.0 Å². The lowest BCUT2D eigenvalue weighted by atomic mass is 9.93. The number of urea groups is 1. The van der Waals surface area contributed by atoms with Crippen molar-refractivity contribution in [3.63, 3.8) is 0 Å². The fourth-order valence-electron chi connectivity index (χ4n) is 4.74. The van der Waals surface area contributed by atoms with Crippen LogP contribution in [0.3, 0.4) is 0 Å². The van der Waals surface area contributed by atoms with Gasteiger partial charge in [-0.25, -0.2) is 9.59 Å². The molecule has 1 fully saturated rings. The van der Waals surface area contributed by atoms with Crippen molar-refractivity contribution in [2.45, 2.75) is 13.0 Å². The number of methoxy groups -OCH3 is 2. The molecule has 0 saturated carbocycles. The third-order valence-corrected chi connectivity index (χ3v) is 6.57. The van der Waals surface area contributed by atoms with Crippen molar-refractivity contribution in [2.75, 3.05) is 58.5 Å². The molecule has 38 heavy (non-hydrogen) atoms. The Morgan fingerprint density at radius 2 is 1.79 bits per heavy atom. The van der Waals surface area contributed by atoms with E-state index in [-0.39, 0.29) is 12.3 Å². The topological polar surface area (TPSA) is 136 Å². The number of nitrogens with one attached hydrogen (secondary N) is 2. The Labute approximate surface area is 220 Å². The molecular formula is C26H31N5O7. The fourth-order valence-corrected chi connectivity index (χ4v) is 4.74. The molecule has 4 rings (SSSR count). The van der Waals surface area contributed by atoms with Crippen LogP contribution < -0.4 is 25.0 Å². The van der Waals surface area contributed by atoms with E-state index in [1.807, 2.05) is 0 Å². The van der Waals surface area contributed by atoms with Crippen molar-refractivity contribution in [2.24, 2.45) is 0 Å². The van der Waals surface area contributed by atoms with Gasteiger partial charge in [0.1, 0.15) is 0 Å². The Morgan fingerprint density at radius 1 is 1.08 bits per heavy atom. The zero-order valence-corrected chi connectivity index (χ0v) is 21.6. The monoisotopic (exact) mass is 525 g/mol.